The minimum Gasteiger partial charge on any atom is -0.465 e. The number of hydrogen-bond acceptors (Lipinski definition) is 3. The Kier molecular flexibility index (Phi) is 5.51. The zero-order valence-corrected chi connectivity index (χ0v) is 14.3. The molecule has 1 aliphatic heterocycles. The van der Waals surface area contributed by atoms with Crippen LogP contribution in [0.4, 0.5) is 5.69 Å². The molecule has 2 fully saturated rings. The highest BCUT2D eigenvalue weighted by atomic mass is 16.5. The number of piperidine rings is 1. The van der Waals surface area contributed by atoms with E-state index in [0.717, 1.165) is 24.9 Å². The van der Waals surface area contributed by atoms with E-state index in [2.05, 4.69) is 5.32 Å². The van der Waals surface area contributed by atoms with Crippen LogP contribution in [0.15, 0.2) is 24.3 Å². The molecule has 5 heteroatoms. The summed E-state index contributed by atoms with van der Waals surface area (Å²) >= 11 is 0. The molecule has 3 rings (SSSR count). The standard InChI is InChI=1S/C19H26N2O3/c1-24-19(23)16-8-4-5-9-17(16)20-18(22)13-21-11-10-14-6-2-3-7-15(14)12-21/h4-5,8-9,14-15H,2-3,6-7,10-13H2,1H3,(H,20,22)/p+1/t14-,15+/m0/s1. The first-order valence-corrected chi connectivity index (χ1v) is 8.98. The van der Waals surface area contributed by atoms with Gasteiger partial charge in [0.1, 0.15) is 0 Å². The van der Waals surface area contributed by atoms with Crippen molar-refractivity contribution < 1.29 is 19.2 Å². The van der Waals surface area contributed by atoms with Gasteiger partial charge in [-0.3, -0.25) is 4.79 Å². The van der Waals surface area contributed by atoms with Gasteiger partial charge in [-0.1, -0.05) is 25.0 Å². The number of quaternary nitrogens is 1. The van der Waals surface area contributed by atoms with Crippen LogP contribution in [0.5, 0.6) is 0 Å². The van der Waals surface area contributed by atoms with E-state index in [-0.39, 0.29) is 5.91 Å². The normalized spacial score (nSPS) is 26.3. The summed E-state index contributed by atoms with van der Waals surface area (Å²) in [4.78, 5) is 25.6. The van der Waals surface area contributed by atoms with Crippen molar-refractivity contribution in [3.05, 3.63) is 29.8 Å². The minimum absolute atomic E-state index is 0.0318. The van der Waals surface area contributed by atoms with Crippen LogP contribution in [0.2, 0.25) is 0 Å². The van der Waals surface area contributed by atoms with Gasteiger partial charge in [0.15, 0.2) is 6.54 Å². The number of benzene rings is 1. The number of carbonyl (C=O) groups is 2. The van der Waals surface area contributed by atoms with Crippen LogP contribution in [0, 0.1) is 11.8 Å². The number of rotatable bonds is 4. The third-order valence-corrected chi connectivity index (χ3v) is 5.50. The van der Waals surface area contributed by atoms with Gasteiger partial charge in [-0.25, -0.2) is 4.79 Å². The van der Waals surface area contributed by atoms with Crippen molar-refractivity contribution in [2.45, 2.75) is 32.1 Å². The lowest BCUT2D eigenvalue weighted by atomic mass is 9.75. The highest BCUT2D eigenvalue weighted by molar-refractivity contribution is 6.01. The fourth-order valence-electron chi connectivity index (χ4n) is 4.26. The lowest BCUT2D eigenvalue weighted by molar-refractivity contribution is -0.902. The summed E-state index contributed by atoms with van der Waals surface area (Å²) in [6.45, 7) is 2.66. The number of esters is 1. The molecule has 1 heterocycles. The maximum atomic E-state index is 12.4. The van der Waals surface area contributed by atoms with Crippen molar-refractivity contribution in [1.82, 2.24) is 0 Å². The molecule has 1 saturated carbocycles. The Morgan fingerprint density at radius 2 is 1.92 bits per heavy atom. The Morgan fingerprint density at radius 3 is 2.71 bits per heavy atom. The summed E-state index contributed by atoms with van der Waals surface area (Å²) < 4.78 is 4.77. The number of fused-ring (bicyclic) bond motifs is 1. The van der Waals surface area contributed by atoms with Gasteiger partial charge in [-0.05, 0) is 37.3 Å². The van der Waals surface area contributed by atoms with Gasteiger partial charge < -0.3 is 15.0 Å². The van der Waals surface area contributed by atoms with Crippen molar-refractivity contribution in [1.29, 1.82) is 0 Å². The second kappa shape index (κ2) is 7.79. The Hall–Kier alpha value is -1.88. The monoisotopic (exact) mass is 331 g/mol. The van der Waals surface area contributed by atoms with E-state index in [9.17, 15) is 9.59 Å². The van der Waals surface area contributed by atoms with Crippen LogP contribution in [-0.2, 0) is 9.53 Å². The van der Waals surface area contributed by atoms with Crippen molar-refractivity contribution in [2.75, 3.05) is 32.1 Å². The van der Waals surface area contributed by atoms with Gasteiger partial charge >= 0.3 is 5.97 Å². The van der Waals surface area contributed by atoms with E-state index < -0.39 is 5.97 Å². The lowest BCUT2D eigenvalue weighted by Crippen LogP contribution is -3.15. The van der Waals surface area contributed by atoms with Crippen LogP contribution < -0.4 is 10.2 Å². The van der Waals surface area contributed by atoms with E-state index in [4.69, 9.17) is 4.74 Å². The van der Waals surface area contributed by atoms with Gasteiger partial charge in [0, 0.05) is 5.92 Å². The number of methoxy groups -OCH3 is 1. The minimum atomic E-state index is -0.429. The molecule has 0 radical (unpaired) electrons. The number of amides is 1. The predicted octanol–water partition coefficient (Wildman–Crippen LogP) is 1.51. The number of anilines is 1. The zero-order chi connectivity index (χ0) is 16.9. The third kappa shape index (κ3) is 3.96. The molecule has 24 heavy (non-hydrogen) atoms. The van der Waals surface area contributed by atoms with Crippen LogP contribution in [-0.4, -0.2) is 38.6 Å². The number of nitrogens with one attached hydrogen (secondary N) is 2. The van der Waals surface area contributed by atoms with E-state index in [1.165, 1.54) is 44.1 Å². The molecule has 1 aromatic carbocycles. The van der Waals surface area contributed by atoms with E-state index in [0.29, 0.717) is 17.8 Å². The van der Waals surface area contributed by atoms with Crippen molar-refractivity contribution in [3.8, 4) is 0 Å². The van der Waals surface area contributed by atoms with Crippen LogP contribution in [0.1, 0.15) is 42.5 Å². The lowest BCUT2D eigenvalue weighted by Gasteiger charge is -2.38. The highest BCUT2D eigenvalue weighted by Crippen LogP contribution is 2.32. The number of para-hydroxylation sites is 1. The Balaban J connectivity index is 1.57. The van der Waals surface area contributed by atoms with Crippen molar-refractivity contribution >= 4 is 17.6 Å². The van der Waals surface area contributed by atoms with Crippen molar-refractivity contribution in [3.63, 3.8) is 0 Å². The molecule has 0 bridgehead atoms. The van der Waals surface area contributed by atoms with Crippen molar-refractivity contribution in [2.24, 2.45) is 11.8 Å². The summed E-state index contributed by atoms with van der Waals surface area (Å²) in [5.74, 6) is 1.21. The van der Waals surface area contributed by atoms with Gasteiger partial charge in [0.05, 0.1) is 31.5 Å². The second-order valence-electron chi connectivity index (χ2n) is 7.06. The van der Waals surface area contributed by atoms with E-state index in [1.807, 2.05) is 6.07 Å². The quantitative estimate of drug-likeness (QED) is 0.822. The number of hydrogen-bond donors (Lipinski definition) is 2. The Morgan fingerprint density at radius 1 is 1.17 bits per heavy atom. The number of ether oxygens (including phenoxy) is 1. The molecule has 1 aliphatic carbocycles. The first-order valence-electron chi connectivity index (χ1n) is 8.98. The van der Waals surface area contributed by atoms with E-state index >= 15 is 0 Å². The summed E-state index contributed by atoms with van der Waals surface area (Å²) in [6.07, 6.45) is 6.65. The second-order valence-corrected chi connectivity index (χ2v) is 7.06. The van der Waals surface area contributed by atoms with Gasteiger partial charge in [-0.15, -0.1) is 0 Å². The molecule has 2 aliphatic rings. The summed E-state index contributed by atoms with van der Waals surface area (Å²) in [5.41, 5.74) is 0.927. The van der Waals surface area contributed by atoms with Crippen LogP contribution in [0.3, 0.4) is 0 Å². The molecule has 0 spiro atoms. The Bertz CT molecular complexity index is 602. The van der Waals surface area contributed by atoms with Gasteiger partial charge in [0.2, 0.25) is 0 Å². The molecule has 5 nitrogen and oxygen atoms in total. The SMILES string of the molecule is COC(=O)c1ccccc1NC(=O)C[NH+]1CC[C@@H]2CCCC[C@@H]2C1. The average Bonchev–Trinajstić information content (AvgIpc) is 2.61. The largest absolute Gasteiger partial charge is 0.465 e. The molecule has 1 aromatic rings. The van der Waals surface area contributed by atoms with Crippen LogP contribution >= 0.6 is 0 Å². The molecule has 0 aromatic heterocycles. The van der Waals surface area contributed by atoms with Gasteiger partial charge in [-0.2, -0.15) is 0 Å². The van der Waals surface area contributed by atoms with Gasteiger partial charge in [0.25, 0.3) is 5.91 Å². The molecule has 3 atom stereocenters. The molecular weight excluding hydrogens is 304 g/mol. The first kappa shape index (κ1) is 17.0. The topological polar surface area (TPSA) is 59.8 Å². The first-order chi connectivity index (χ1) is 11.7. The zero-order valence-electron chi connectivity index (χ0n) is 14.3. The molecular formula is C19H27N2O3+. The third-order valence-electron chi connectivity index (χ3n) is 5.50. The predicted molar refractivity (Wildman–Crippen MR) is 92.0 cm³/mol. The smallest absolute Gasteiger partial charge is 0.339 e. The summed E-state index contributed by atoms with van der Waals surface area (Å²) in [5, 5.41) is 2.88. The maximum absolute atomic E-state index is 12.4. The molecule has 130 valence electrons. The number of carbonyl (C=O) groups excluding carboxylic acids is 2. The molecule has 1 amide bonds. The van der Waals surface area contributed by atoms with Crippen LogP contribution in [0.25, 0.3) is 0 Å². The molecule has 1 unspecified atom stereocenters. The van der Waals surface area contributed by atoms with E-state index in [1.54, 1.807) is 18.2 Å². The molecule has 2 N–H and O–H groups in total. The fraction of sp³-hybridized carbons (Fsp3) is 0.579. The number of likely N-dealkylation sites (tertiary alicyclic amines) is 1. The fourth-order valence-corrected chi connectivity index (χ4v) is 4.26. The maximum Gasteiger partial charge on any atom is 0.339 e. The summed E-state index contributed by atoms with van der Waals surface area (Å²) in [7, 11) is 1.35. The Labute approximate surface area is 143 Å². The highest BCUT2D eigenvalue weighted by Gasteiger charge is 2.34. The molecule has 1 saturated heterocycles. The average molecular weight is 331 g/mol. The summed E-state index contributed by atoms with van der Waals surface area (Å²) in [6, 6.07) is 6.98.